The molecule has 2 rings (SSSR count). The van der Waals surface area contributed by atoms with Gasteiger partial charge in [0, 0.05) is 6.20 Å². The Labute approximate surface area is 84.6 Å². The third kappa shape index (κ3) is 2.16. The molecule has 6 nitrogen and oxygen atoms in total. The highest BCUT2D eigenvalue weighted by molar-refractivity contribution is 5.68. The Bertz CT molecular complexity index is 466. The van der Waals surface area contributed by atoms with Gasteiger partial charge in [-0.1, -0.05) is 6.07 Å². The van der Waals surface area contributed by atoms with Crippen molar-refractivity contribution in [2.24, 2.45) is 0 Å². The van der Waals surface area contributed by atoms with E-state index in [0.717, 1.165) is 0 Å². The molecule has 0 unspecified atom stereocenters. The molecule has 0 atom stereocenters. The van der Waals surface area contributed by atoms with Gasteiger partial charge in [0.1, 0.15) is 12.1 Å². The number of rotatable bonds is 3. The first-order valence-electron chi connectivity index (χ1n) is 4.21. The summed E-state index contributed by atoms with van der Waals surface area (Å²) in [6.45, 7) is 0. The molecule has 0 saturated carbocycles. The van der Waals surface area contributed by atoms with Gasteiger partial charge in [0.15, 0.2) is 0 Å². The van der Waals surface area contributed by atoms with Crippen molar-refractivity contribution < 1.29 is 14.3 Å². The summed E-state index contributed by atoms with van der Waals surface area (Å²) in [5.41, 5.74) is 0.529. The molecule has 2 aromatic rings. The minimum Gasteiger partial charge on any atom is -0.481 e. The lowest BCUT2D eigenvalue weighted by Crippen LogP contribution is -1.99. The van der Waals surface area contributed by atoms with Gasteiger partial charge in [-0.05, 0) is 12.1 Å². The molecule has 0 fully saturated rings. The van der Waals surface area contributed by atoms with Crippen LogP contribution in [0, 0.1) is 0 Å². The molecule has 6 heteroatoms. The van der Waals surface area contributed by atoms with Gasteiger partial charge in [-0.15, -0.1) is 10.2 Å². The fourth-order valence-electron chi connectivity index (χ4n) is 1.05. The first kappa shape index (κ1) is 9.32. The molecule has 0 aliphatic carbocycles. The second kappa shape index (κ2) is 3.87. The number of nitrogens with zero attached hydrogens (tertiary/aromatic N) is 3. The minimum absolute atomic E-state index is 0.0724. The molecular weight excluding hydrogens is 198 g/mol. The van der Waals surface area contributed by atoms with Crippen LogP contribution in [0.4, 0.5) is 0 Å². The zero-order chi connectivity index (χ0) is 10.7. The van der Waals surface area contributed by atoms with E-state index in [-0.39, 0.29) is 18.2 Å². The van der Waals surface area contributed by atoms with E-state index in [1.165, 1.54) is 0 Å². The van der Waals surface area contributed by atoms with E-state index in [1.807, 2.05) is 0 Å². The zero-order valence-corrected chi connectivity index (χ0v) is 7.62. The second-order valence-corrected chi connectivity index (χ2v) is 2.79. The van der Waals surface area contributed by atoms with E-state index >= 15 is 0 Å². The van der Waals surface area contributed by atoms with Crippen LogP contribution >= 0.6 is 0 Å². The largest absolute Gasteiger partial charge is 0.481 e. The maximum Gasteiger partial charge on any atom is 0.312 e. The summed E-state index contributed by atoms with van der Waals surface area (Å²) in [4.78, 5) is 14.4. The number of carbonyl (C=O) groups is 1. The number of carboxylic acid groups (broad SMARTS) is 1. The fourth-order valence-corrected chi connectivity index (χ4v) is 1.05. The lowest BCUT2D eigenvalue weighted by molar-refractivity contribution is -0.136. The van der Waals surface area contributed by atoms with Crippen molar-refractivity contribution in [3.05, 3.63) is 30.3 Å². The first-order chi connectivity index (χ1) is 7.25. The third-order valence-electron chi connectivity index (χ3n) is 1.65. The van der Waals surface area contributed by atoms with Crippen LogP contribution in [0.25, 0.3) is 11.6 Å². The number of carboxylic acids is 1. The Morgan fingerprint density at radius 1 is 1.40 bits per heavy atom. The van der Waals surface area contributed by atoms with Gasteiger partial charge in [0.2, 0.25) is 5.89 Å². The lowest BCUT2D eigenvalue weighted by atomic mass is 10.3. The Morgan fingerprint density at radius 2 is 2.27 bits per heavy atom. The van der Waals surface area contributed by atoms with Crippen LogP contribution in [0.15, 0.2) is 28.8 Å². The van der Waals surface area contributed by atoms with E-state index in [0.29, 0.717) is 5.69 Å². The van der Waals surface area contributed by atoms with Gasteiger partial charge in [-0.3, -0.25) is 9.78 Å². The van der Waals surface area contributed by atoms with Gasteiger partial charge in [0.25, 0.3) is 5.89 Å². The molecule has 0 saturated heterocycles. The summed E-state index contributed by atoms with van der Waals surface area (Å²) >= 11 is 0. The van der Waals surface area contributed by atoms with Crippen LogP contribution in [-0.2, 0) is 11.2 Å². The molecular formula is C9H7N3O3. The van der Waals surface area contributed by atoms with Crippen molar-refractivity contribution in [2.75, 3.05) is 0 Å². The topological polar surface area (TPSA) is 89.1 Å². The SMILES string of the molecule is O=C(O)Cc1nnc(-c2ccccn2)o1. The number of hydrogen-bond donors (Lipinski definition) is 1. The van der Waals surface area contributed by atoms with Gasteiger partial charge in [-0.25, -0.2) is 0 Å². The average molecular weight is 205 g/mol. The fraction of sp³-hybridized carbons (Fsp3) is 0.111. The highest BCUT2D eigenvalue weighted by Gasteiger charge is 2.11. The van der Waals surface area contributed by atoms with Crippen molar-refractivity contribution in [3.8, 4) is 11.6 Å². The summed E-state index contributed by atoms with van der Waals surface area (Å²) in [6, 6.07) is 5.25. The normalized spacial score (nSPS) is 10.1. The Balaban J connectivity index is 2.24. The Hall–Kier alpha value is -2.24. The second-order valence-electron chi connectivity index (χ2n) is 2.79. The highest BCUT2D eigenvalue weighted by Crippen LogP contribution is 2.14. The van der Waals surface area contributed by atoms with Crippen molar-refractivity contribution in [1.29, 1.82) is 0 Å². The number of hydrogen-bond acceptors (Lipinski definition) is 5. The monoisotopic (exact) mass is 205 g/mol. The summed E-state index contributed by atoms with van der Waals surface area (Å²) < 4.78 is 5.11. The maximum absolute atomic E-state index is 10.4. The molecule has 0 amide bonds. The molecule has 2 heterocycles. The molecule has 0 aliphatic heterocycles. The van der Waals surface area contributed by atoms with E-state index in [4.69, 9.17) is 9.52 Å². The summed E-state index contributed by atoms with van der Waals surface area (Å²) in [6.07, 6.45) is 1.32. The summed E-state index contributed by atoms with van der Waals surface area (Å²) in [5, 5.41) is 15.8. The molecule has 0 spiro atoms. The van der Waals surface area contributed by atoms with Crippen LogP contribution < -0.4 is 0 Å². The van der Waals surface area contributed by atoms with Crippen LogP contribution in [0.5, 0.6) is 0 Å². The number of aliphatic carboxylic acids is 1. The van der Waals surface area contributed by atoms with Crippen molar-refractivity contribution >= 4 is 5.97 Å². The smallest absolute Gasteiger partial charge is 0.312 e. The van der Waals surface area contributed by atoms with E-state index in [2.05, 4.69) is 15.2 Å². The number of pyridine rings is 1. The van der Waals surface area contributed by atoms with Crippen LogP contribution in [0.1, 0.15) is 5.89 Å². The first-order valence-corrected chi connectivity index (χ1v) is 4.21. The van der Waals surface area contributed by atoms with E-state index in [1.54, 1.807) is 24.4 Å². The molecule has 0 radical (unpaired) electrons. The molecule has 15 heavy (non-hydrogen) atoms. The molecule has 2 aromatic heterocycles. The summed E-state index contributed by atoms with van der Waals surface area (Å²) in [7, 11) is 0. The summed E-state index contributed by atoms with van der Waals surface area (Å²) in [5.74, 6) is -0.707. The standard InChI is InChI=1S/C9H7N3O3/c13-8(14)5-7-11-12-9(15-7)6-3-1-2-4-10-6/h1-4H,5H2,(H,13,14). The quantitative estimate of drug-likeness (QED) is 0.795. The molecule has 1 N–H and O–H groups in total. The van der Waals surface area contributed by atoms with Gasteiger partial charge < -0.3 is 9.52 Å². The maximum atomic E-state index is 10.4. The Morgan fingerprint density at radius 3 is 2.93 bits per heavy atom. The van der Waals surface area contributed by atoms with Crippen LogP contribution in [-0.4, -0.2) is 26.3 Å². The average Bonchev–Trinajstić information content (AvgIpc) is 2.67. The minimum atomic E-state index is -1.01. The zero-order valence-electron chi connectivity index (χ0n) is 7.62. The van der Waals surface area contributed by atoms with Gasteiger partial charge in [0.05, 0.1) is 0 Å². The lowest BCUT2D eigenvalue weighted by Gasteiger charge is -1.90. The van der Waals surface area contributed by atoms with E-state index in [9.17, 15) is 4.79 Å². The molecule has 76 valence electrons. The molecule has 0 aliphatic rings. The van der Waals surface area contributed by atoms with Crippen LogP contribution in [0.3, 0.4) is 0 Å². The van der Waals surface area contributed by atoms with Crippen molar-refractivity contribution in [1.82, 2.24) is 15.2 Å². The third-order valence-corrected chi connectivity index (χ3v) is 1.65. The van der Waals surface area contributed by atoms with E-state index < -0.39 is 5.97 Å². The van der Waals surface area contributed by atoms with Gasteiger partial charge >= 0.3 is 5.97 Å². The van der Waals surface area contributed by atoms with Crippen molar-refractivity contribution in [2.45, 2.75) is 6.42 Å². The highest BCUT2D eigenvalue weighted by atomic mass is 16.4. The number of aromatic nitrogens is 3. The molecule has 0 aromatic carbocycles. The van der Waals surface area contributed by atoms with Crippen molar-refractivity contribution in [3.63, 3.8) is 0 Å². The predicted octanol–water partition coefficient (Wildman–Crippen LogP) is 0.759. The predicted molar refractivity (Wildman–Crippen MR) is 48.9 cm³/mol. The Kier molecular flexibility index (Phi) is 2.40. The van der Waals surface area contributed by atoms with Gasteiger partial charge in [-0.2, -0.15) is 0 Å². The van der Waals surface area contributed by atoms with Crippen LogP contribution in [0.2, 0.25) is 0 Å². The molecule has 0 bridgehead atoms.